The maximum atomic E-state index is 12.2. The summed E-state index contributed by atoms with van der Waals surface area (Å²) in [5.74, 6) is 0.554. The monoisotopic (exact) mass is 310 g/mol. The lowest BCUT2D eigenvalue weighted by Gasteiger charge is -2.31. The molecule has 1 amide bonds. The molecule has 0 bridgehead atoms. The molecule has 18 heavy (non-hydrogen) atoms. The highest BCUT2D eigenvalue weighted by molar-refractivity contribution is 9.10. The number of hydrogen-bond donors (Lipinski definition) is 1. The molecule has 2 rings (SSSR count). The standard InChI is InChI=1S/C14H19BrN2O/c1-2-10-6-3-4-8-12(10)17-14(18)13-11(15)7-5-9-16-13/h5,7,9-10,12H,2-4,6,8H2,1H3,(H,17,18). The van der Waals surface area contributed by atoms with Crippen molar-refractivity contribution in [1.29, 1.82) is 0 Å². The minimum absolute atomic E-state index is 0.0622. The largest absolute Gasteiger partial charge is 0.348 e. The molecular formula is C14H19BrN2O. The molecule has 0 aromatic carbocycles. The maximum absolute atomic E-state index is 12.2. The summed E-state index contributed by atoms with van der Waals surface area (Å²) in [6, 6.07) is 3.97. The summed E-state index contributed by atoms with van der Waals surface area (Å²) in [5.41, 5.74) is 0.484. The number of rotatable bonds is 3. The molecule has 4 heteroatoms. The highest BCUT2D eigenvalue weighted by atomic mass is 79.9. The van der Waals surface area contributed by atoms with Crippen LogP contribution in [0.4, 0.5) is 0 Å². The van der Waals surface area contributed by atoms with Crippen molar-refractivity contribution in [2.45, 2.75) is 45.1 Å². The zero-order valence-electron chi connectivity index (χ0n) is 10.7. The van der Waals surface area contributed by atoms with Crippen molar-refractivity contribution in [3.05, 3.63) is 28.5 Å². The molecular weight excluding hydrogens is 292 g/mol. The number of halogens is 1. The van der Waals surface area contributed by atoms with Gasteiger partial charge in [0.25, 0.3) is 5.91 Å². The Hall–Kier alpha value is -0.900. The Morgan fingerprint density at radius 3 is 3.00 bits per heavy atom. The molecule has 1 N–H and O–H groups in total. The quantitative estimate of drug-likeness (QED) is 0.927. The minimum Gasteiger partial charge on any atom is -0.348 e. The molecule has 1 saturated carbocycles. The van der Waals surface area contributed by atoms with E-state index >= 15 is 0 Å². The van der Waals surface area contributed by atoms with Crippen molar-refractivity contribution in [3.8, 4) is 0 Å². The van der Waals surface area contributed by atoms with E-state index in [0.717, 1.165) is 17.3 Å². The first-order valence-electron chi connectivity index (χ1n) is 6.63. The van der Waals surface area contributed by atoms with Crippen LogP contribution >= 0.6 is 15.9 Å². The van der Waals surface area contributed by atoms with Gasteiger partial charge in [0.1, 0.15) is 5.69 Å². The molecule has 0 aliphatic heterocycles. The fourth-order valence-electron chi connectivity index (χ4n) is 2.68. The Kier molecular flexibility index (Phi) is 4.75. The summed E-state index contributed by atoms with van der Waals surface area (Å²) in [4.78, 5) is 16.3. The normalized spacial score (nSPS) is 23.7. The van der Waals surface area contributed by atoms with E-state index in [4.69, 9.17) is 0 Å². The van der Waals surface area contributed by atoms with Crippen molar-refractivity contribution in [2.75, 3.05) is 0 Å². The molecule has 1 aliphatic carbocycles. The van der Waals surface area contributed by atoms with Gasteiger partial charge in [0.2, 0.25) is 0 Å². The van der Waals surface area contributed by atoms with Crippen LogP contribution in [0.5, 0.6) is 0 Å². The van der Waals surface area contributed by atoms with Gasteiger partial charge >= 0.3 is 0 Å². The van der Waals surface area contributed by atoms with Gasteiger partial charge < -0.3 is 5.32 Å². The second-order valence-electron chi connectivity index (χ2n) is 4.87. The van der Waals surface area contributed by atoms with E-state index in [1.165, 1.54) is 19.3 Å². The van der Waals surface area contributed by atoms with Crippen LogP contribution < -0.4 is 5.32 Å². The molecule has 98 valence electrons. The number of amides is 1. The van der Waals surface area contributed by atoms with Gasteiger partial charge in [0, 0.05) is 16.7 Å². The van der Waals surface area contributed by atoms with Crippen molar-refractivity contribution in [1.82, 2.24) is 10.3 Å². The summed E-state index contributed by atoms with van der Waals surface area (Å²) in [6.07, 6.45) is 7.61. The number of hydrogen-bond acceptors (Lipinski definition) is 2. The first-order valence-corrected chi connectivity index (χ1v) is 7.43. The third-order valence-electron chi connectivity index (χ3n) is 3.72. The number of aromatic nitrogens is 1. The predicted octanol–water partition coefficient (Wildman–Crippen LogP) is 3.54. The molecule has 2 unspecified atom stereocenters. The Labute approximate surface area is 117 Å². The number of carbonyl (C=O) groups is 1. The summed E-state index contributed by atoms with van der Waals surface area (Å²) in [7, 11) is 0. The van der Waals surface area contributed by atoms with E-state index in [-0.39, 0.29) is 5.91 Å². The summed E-state index contributed by atoms with van der Waals surface area (Å²) >= 11 is 3.37. The summed E-state index contributed by atoms with van der Waals surface area (Å²) < 4.78 is 0.756. The molecule has 1 aliphatic rings. The van der Waals surface area contributed by atoms with Gasteiger partial charge in [-0.3, -0.25) is 4.79 Å². The van der Waals surface area contributed by atoms with Gasteiger partial charge in [0.15, 0.2) is 0 Å². The molecule has 3 nitrogen and oxygen atoms in total. The molecule has 1 fully saturated rings. The molecule has 0 spiro atoms. The Balaban J connectivity index is 2.04. The van der Waals surface area contributed by atoms with E-state index in [0.29, 0.717) is 17.7 Å². The molecule has 0 radical (unpaired) electrons. The fraction of sp³-hybridized carbons (Fsp3) is 0.571. The van der Waals surface area contributed by atoms with Gasteiger partial charge in [-0.05, 0) is 46.8 Å². The second-order valence-corrected chi connectivity index (χ2v) is 5.72. The minimum atomic E-state index is -0.0622. The molecule has 2 atom stereocenters. The lowest BCUT2D eigenvalue weighted by molar-refractivity contribution is 0.0899. The van der Waals surface area contributed by atoms with Crippen LogP contribution in [-0.4, -0.2) is 16.9 Å². The van der Waals surface area contributed by atoms with Crippen LogP contribution in [0, 0.1) is 5.92 Å². The number of pyridine rings is 1. The van der Waals surface area contributed by atoms with Gasteiger partial charge in [0.05, 0.1) is 0 Å². The fourth-order valence-corrected chi connectivity index (χ4v) is 3.11. The van der Waals surface area contributed by atoms with E-state index in [1.807, 2.05) is 12.1 Å². The van der Waals surface area contributed by atoms with E-state index < -0.39 is 0 Å². The van der Waals surface area contributed by atoms with Gasteiger partial charge in [-0.2, -0.15) is 0 Å². The third-order valence-corrected chi connectivity index (χ3v) is 4.36. The zero-order valence-corrected chi connectivity index (χ0v) is 12.2. The number of carbonyl (C=O) groups excluding carboxylic acids is 1. The van der Waals surface area contributed by atoms with Crippen molar-refractivity contribution in [3.63, 3.8) is 0 Å². The van der Waals surface area contributed by atoms with Gasteiger partial charge in [-0.25, -0.2) is 4.98 Å². The average molecular weight is 311 g/mol. The first kappa shape index (κ1) is 13.5. The average Bonchev–Trinajstić information content (AvgIpc) is 2.39. The first-order chi connectivity index (χ1) is 8.72. The van der Waals surface area contributed by atoms with Crippen molar-refractivity contribution < 1.29 is 4.79 Å². The number of nitrogens with one attached hydrogen (secondary N) is 1. The van der Waals surface area contributed by atoms with E-state index in [9.17, 15) is 4.79 Å². The van der Waals surface area contributed by atoms with Crippen LogP contribution in [0.15, 0.2) is 22.8 Å². The van der Waals surface area contributed by atoms with Crippen LogP contribution in [-0.2, 0) is 0 Å². The zero-order chi connectivity index (χ0) is 13.0. The van der Waals surface area contributed by atoms with E-state index in [2.05, 4.69) is 33.2 Å². The highest BCUT2D eigenvalue weighted by Gasteiger charge is 2.26. The van der Waals surface area contributed by atoms with E-state index in [1.54, 1.807) is 6.20 Å². The Morgan fingerprint density at radius 2 is 2.28 bits per heavy atom. The summed E-state index contributed by atoms with van der Waals surface area (Å²) in [6.45, 7) is 2.20. The Bertz CT molecular complexity index is 422. The molecule has 0 saturated heterocycles. The van der Waals surface area contributed by atoms with Gasteiger partial charge in [-0.1, -0.05) is 26.2 Å². The third kappa shape index (κ3) is 3.10. The lowest BCUT2D eigenvalue weighted by Crippen LogP contribution is -2.42. The van der Waals surface area contributed by atoms with Gasteiger partial charge in [-0.15, -0.1) is 0 Å². The molecule has 1 heterocycles. The van der Waals surface area contributed by atoms with Crippen LogP contribution in [0.2, 0.25) is 0 Å². The SMILES string of the molecule is CCC1CCCCC1NC(=O)c1ncccc1Br. The predicted molar refractivity (Wildman–Crippen MR) is 75.4 cm³/mol. The van der Waals surface area contributed by atoms with Crippen LogP contribution in [0.25, 0.3) is 0 Å². The van der Waals surface area contributed by atoms with Crippen LogP contribution in [0.1, 0.15) is 49.5 Å². The van der Waals surface area contributed by atoms with Crippen molar-refractivity contribution >= 4 is 21.8 Å². The lowest BCUT2D eigenvalue weighted by atomic mass is 9.83. The van der Waals surface area contributed by atoms with Crippen LogP contribution in [0.3, 0.4) is 0 Å². The molecule has 1 aromatic rings. The number of nitrogens with zero attached hydrogens (tertiary/aromatic N) is 1. The Morgan fingerprint density at radius 1 is 1.50 bits per heavy atom. The maximum Gasteiger partial charge on any atom is 0.271 e. The topological polar surface area (TPSA) is 42.0 Å². The summed E-state index contributed by atoms with van der Waals surface area (Å²) in [5, 5.41) is 3.15. The molecule has 1 aromatic heterocycles. The second kappa shape index (κ2) is 6.32. The van der Waals surface area contributed by atoms with Crippen molar-refractivity contribution in [2.24, 2.45) is 5.92 Å². The highest BCUT2D eigenvalue weighted by Crippen LogP contribution is 2.27. The smallest absolute Gasteiger partial charge is 0.271 e.